The lowest BCUT2D eigenvalue weighted by Gasteiger charge is -2.59. The SMILES string of the molecule is CC(O)CNC1CC(C2C3CC4CC(C3)CC2C4)C1. The summed E-state index contributed by atoms with van der Waals surface area (Å²) in [6.07, 6.45) is 10.4. The van der Waals surface area contributed by atoms with Gasteiger partial charge in [0, 0.05) is 12.6 Å². The van der Waals surface area contributed by atoms with Crippen molar-refractivity contribution in [1.29, 1.82) is 0 Å². The largest absolute Gasteiger partial charge is 0.392 e. The first kappa shape index (κ1) is 12.6. The highest BCUT2D eigenvalue weighted by atomic mass is 16.3. The third-order valence-electron chi connectivity index (χ3n) is 6.72. The predicted molar refractivity (Wildman–Crippen MR) is 76.7 cm³/mol. The Labute approximate surface area is 117 Å². The van der Waals surface area contributed by atoms with Crippen molar-refractivity contribution in [1.82, 2.24) is 5.32 Å². The topological polar surface area (TPSA) is 32.3 Å². The van der Waals surface area contributed by atoms with E-state index in [-0.39, 0.29) is 6.10 Å². The zero-order chi connectivity index (χ0) is 13.0. The lowest BCUT2D eigenvalue weighted by Crippen LogP contribution is -2.53. The van der Waals surface area contributed by atoms with E-state index < -0.39 is 0 Å². The number of nitrogens with one attached hydrogen (secondary N) is 1. The molecular weight excluding hydrogens is 234 g/mol. The molecule has 5 aliphatic rings. The molecule has 19 heavy (non-hydrogen) atoms. The van der Waals surface area contributed by atoms with Gasteiger partial charge in [0.15, 0.2) is 0 Å². The second kappa shape index (κ2) is 4.73. The monoisotopic (exact) mass is 263 g/mol. The minimum atomic E-state index is -0.194. The van der Waals surface area contributed by atoms with E-state index >= 15 is 0 Å². The molecule has 0 heterocycles. The van der Waals surface area contributed by atoms with Gasteiger partial charge in [0.05, 0.1) is 6.10 Å². The lowest BCUT2D eigenvalue weighted by atomic mass is 9.47. The van der Waals surface area contributed by atoms with Crippen molar-refractivity contribution in [2.75, 3.05) is 6.54 Å². The van der Waals surface area contributed by atoms with E-state index in [0.717, 1.165) is 42.1 Å². The second-order valence-electron chi connectivity index (χ2n) is 8.19. The maximum absolute atomic E-state index is 9.34. The Morgan fingerprint density at radius 3 is 1.95 bits per heavy atom. The van der Waals surface area contributed by atoms with Crippen LogP contribution in [0.15, 0.2) is 0 Å². The third-order valence-corrected chi connectivity index (χ3v) is 6.72. The summed E-state index contributed by atoms with van der Waals surface area (Å²) in [5.74, 6) is 6.52. The first-order chi connectivity index (χ1) is 9.19. The molecule has 108 valence electrons. The molecule has 2 N–H and O–H groups in total. The summed E-state index contributed by atoms with van der Waals surface area (Å²) in [4.78, 5) is 0. The number of hydrogen-bond donors (Lipinski definition) is 2. The van der Waals surface area contributed by atoms with Crippen LogP contribution < -0.4 is 5.32 Å². The van der Waals surface area contributed by atoms with Gasteiger partial charge < -0.3 is 10.4 Å². The zero-order valence-corrected chi connectivity index (χ0v) is 12.2. The molecule has 0 amide bonds. The highest BCUT2D eigenvalue weighted by molar-refractivity contribution is 5.03. The summed E-state index contributed by atoms with van der Waals surface area (Å²) in [7, 11) is 0. The van der Waals surface area contributed by atoms with Crippen molar-refractivity contribution in [3.05, 3.63) is 0 Å². The van der Waals surface area contributed by atoms with Gasteiger partial charge in [-0.05, 0) is 87.4 Å². The highest BCUT2D eigenvalue weighted by Crippen LogP contribution is 2.60. The van der Waals surface area contributed by atoms with E-state index in [4.69, 9.17) is 0 Å². The number of aliphatic hydroxyl groups excluding tert-OH is 1. The van der Waals surface area contributed by atoms with E-state index in [0.29, 0.717) is 6.04 Å². The molecule has 5 saturated carbocycles. The maximum atomic E-state index is 9.34. The van der Waals surface area contributed by atoms with Crippen LogP contribution in [0.25, 0.3) is 0 Å². The fourth-order valence-electron chi connectivity index (χ4n) is 6.22. The minimum Gasteiger partial charge on any atom is -0.392 e. The molecule has 0 saturated heterocycles. The molecule has 5 aliphatic carbocycles. The van der Waals surface area contributed by atoms with E-state index in [9.17, 15) is 5.11 Å². The van der Waals surface area contributed by atoms with Crippen molar-refractivity contribution >= 4 is 0 Å². The van der Waals surface area contributed by atoms with Gasteiger partial charge in [-0.3, -0.25) is 0 Å². The Hall–Kier alpha value is -0.0800. The van der Waals surface area contributed by atoms with Gasteiger partial charge in [-0.25, -0.2) is 0 Å². The van der Waals surface area contributed by atoms with Crippen LogP contribution in [-0.4, -0.2) is 23.8 Å². The Morgan fingerprint density at radius 1 is 0.895 bits per heavy atom. The first-order valence-electron chi connectivity index (χ1n) is 8.60. The Balaban J connectivity index is 1.32. The van der Waals surface area contributed by atoms with Crippen molar-refractivity contribution in [2.24, 2.45) is 35.5 Å². The fourth-order valence-corrected chi connectivity index (χ4v) is 6.22. The molecule has 2 nitrogen and oxygen atoms in total. The molecule has 0 aromatic carbocycles. The van der Waals surface area contributed by atoms with Crippen molar-refractivity contribution in [2.45, 2.75) is 64.0 Å². The van der Waals surface area contributed by atoms with Gasteiger partial charge in [0.2, 0.25) is 0 Å². The van der Waals surface area contributed by atoms with Crippen LogP contribution in [0.4, 0.5) is 0 Å². The molecule has 0 spiro atoms. The van der Waals surface area contributed by atoms with E-state index in [2.05, 4.69) is 5.32 Å². The average Bonchev–Trinajstić information content (AvgIpc) is 2.28. The Kier molecular flexibility index (Phi) is 3.15. The molecule has 0 aromatic rings. The third kappa shape index (κ3) is 2.25. The van der Waals surface area contributed by atoms with Crippen LogP contribution in [0.5, 0.6) is 0 Å². The van der Waals surface area contributed by atoms with Gasteiger partial charge in [-0.2, -0.15) is 0 Å². The summed E-state index contributed by atoms with van der Waals surface area (Å²) in [5.41, 5.74) is 0. The van der Waals surface area contributed by atoms with Gasteiger partial charge in [-0.15, -0.1) is 0 Å². The molecule has 1 unspecified atom stereocenters. The molecule has 0 aliphatic heterocycles. The van der Waals surface area contributed by atoms with Crippen molar-refractivity contribution < 1.29 is 5.11 Å². The second-order valence-corrected chi connectivity index (χ2v) is 8.19. The van der Waals surface area contributed by atoms with E-state index in [1.54, 1.807) is 32.1 Å². The molecule has 0 aromatic heterocycles. The molecular formula is C17H29NO. The summed E-state index contributed by atoms with van der Waals surface area (Å²) in [5, 5.41) is 12.9. The normalized spacial score (nSPS) is 53.1. The Bertz CT molecular complexity index is 306. The summed E-state index contributed by atoms with van der Waals surface area (Å²) >= 11 is 0. The van der Waals surface area contributed by atoms with Crippen molar-refractivity contribution in [3.63, 3.8) is 0 Å². The highest BCUT2D eigenvalue weighted by Gasteiger charge is 2.52. The van der Waals surface area contributed by atoms with Crippen molar-refractivity contribution in [3.8, 4) is 0 Å². The van der Waals surface area contributed by atoms with Crippen LogP contribution in [0, 0.1) is 35.5 Å². The molecule has 5 fully saturated rings. The van der Waals surface area contributed by atoms with Crippen LogP contribution in [0.1, 0.15) is 51.9 Å². The molecule has 1 atom stereocenters. The predicted octanol–water partition coefficient (Wildman–Crippen LogP) is 2.81. The summed E-state index contributed by atoms with van der Waals surface area (Å²) < 4.78 is 0. The molecule has 4 bridgehead atoms. The minimum absolute atomic E-state index is 0.194. The zero-order valence-electron chi connectivity index (χ0n) is 12.2. The quantitative estimate of drug-likeness (QED) is 0.817. The fraction of sp³-hybridized carbons (Fsp3) is 1.00. The van der Waals surface area contributed by atoms with Gasteiger partial charge in [0.1, 0.15) is 0 Å². The average molecular weight is 263 g/mol. The molecule has 5 rings (SSSR count). The lowest BCUT2D eigenvalue weighted by molar-refractivity contribution is -0.0827. The first-order valence-corrected chi connectivity index (χ1v) is 8.60. The smallest absolute Gasteiger partial charge is 0.0636 e. The van der Waals surface area contributed by atoms with Crippen LogP contribution in [0.3, 0.4) is 0 Å². The standard InChI is InChI=1S/C17H29NO/c1-10(19)9-18-16-7-15(8-16)17-13-3-11-2-12(5-13)6-14(17)4-11/h10-19H,2-9H2,1H3. The van der Waals surface area contributed by atoms with Gasteiger partial charge >= 0.3 is 0 Å². The summed E-state index contributed by atoms with van der Waals surface area (Å²) in [6, 6.07) is 0.705. The van der Waals surface area contributed by atoms with Crippen LogP contribution >= 0.6 is 0 Å². The Morgan fingerprint density at radius 2 is 1.42 bits per heavy atom. The number of rotatable bonds is 4. The van der Waals surface area contributed by atoms with E-state index in [1.807, 2.05) is 6.92 Å². The summed E-state index contributed by atoms with van der Waals surface area (Å²) in [6.45, 7) is 2.65. The van der Waals surface area contributed by atoms with E-state index in [1.165, 1.54) is 12.8 Å². The maximum Gasteiger partial charge on any atom is 0.0636 e. The molecule has 0 radical (unpaired) electrons. The van der Waals surface area contributed by atoms with Gasteiger partial charge in [0.25, 0.3) is 0 Å². The number of hydrogen-bond acceptors (Lipinski definition) is 2. The van der Waals surface area contributed by atoms with Crippen LogP contribution in [0.2, 0.25) is 0 Å². The number of aliphatic hydroxyl groups is 1. The van der Waals surface area contributed by atoms with Crippen LogP contribution in [-0.2, 0) is 0 Å². The van der Waals surface area contributed by atoms with Gasteiger partial charge in [-0.1, -0.05) is 0 Å². The molecule has 2 heteroatoms.